The normalized spacial score (nSPS) is 11.6. The van der Waals surface area contributed by atoms with Crippen LogP contribution in [0.4, 0.5) is 0 Å². The van der Waals surface area contributed by atoms with Crippen LogP contribution < -0.4 is 10.6 Å². The fourth-order valence-corrected chi connectivity index (χ4v) is 2.14. The number of para-hydroxylation sites is 1. The Morgan fingerprint density at radius 1 is 1.35 bits per heavy atom. The maximum Gasteiger partial charge on any atom is 0.191 e. The molecule has 0 aliphatic rings. The molecule has 1 aromatic carbocycles. The molecule has 0 bridgehead atoms. The zero-order chi connectivity index (χ0) is 14.2. The summed E-state index contributed by atoms with van der Waals surface area (Å²) in [5.74, 6) is 0.840. The highest BCUT2D eigenvalue weighted by molar-refractivity contribution is 5.83. The summed E-state index contributed by atoms with van der Waals surface area (Å²) >= 11 is 0. The summed E-state index contributed by atoms with van der Waals surface area (Å²) in [6.07, 6.45) is 4.82. The third kappa shape index (κ3) is 3.63. The van der Waals surface area contributed by atoms with Crippen molar-refractivity contribution < 1.29 is 0 Å². The molecule has 0 amide bonds. The fourth-order valence-electron chi connectivity index (χ4n) is 2.14. The Bertz CT molecular complexity index is 583. The highest BCUT2D eigenvalue weighted by Gasteiger charge is 2.02. The van der Waals surface area contributed by atoms with Gasteiger partial charge in [-0.15, -0.1) is 6.58 Å². The van der Waals surface area contributed by atoms with Gasteiger partial charge in [-0.3, -0.25) is 4.99 Å². The van der Waals surface area contributed by atoms with Gasteiger partial charge in [0.2, 0.25) is 0 Å². The summed E-state index contributed by atoms with van der Waals surface area (Å²) in [7, 11) is 0. The van der Waals surface area contributed by atoms with Crippen molar-refractivity contribution in [2.75, 3.05) is 19.6 Å². The molecule has 0 atom stereocenters. The van der Waals surface area contributed by atoms with Crippen molar-refractivity contribution in [2.24, 2.45) is 4.99 Å². The number of rotatable bonds is 6. The van der Waals surface area contributed by atoms with Crippen LogP contribution in [0.15, 0.2) is 48.1 Å². The van der Waals surface area contributed by atoms with Crippen molar-refractivity contribution >= 4 is 16.9 Å². The van der Waals surface area contributed by atoms with E-state index in [1.54, 1.807) is 0 Å². The van der Waals surface area contributed by atoms with Crippen LogP contribution in [0.25, 0.3) is 10.9 Å². The van der Waals surface area contributed by atoms with E-state index in [2.05, 4.69) is 58.5 Å². The molecule has 0 aliphatic heterocycles. The first-order valence-corrected chi connectivity index (χ1v) is 7.03. The predicted octanol–water partition coefficient (Wildman–Crippen LogP) is 2.45. The third-order valence-corrected chi connectivity index (χ3v) is 3.08. The van der Waals surface area contributed by atoms with Gasteiger partial charge in [0.15, 0.2) is 5.96 Å². The fraction of sp³-hybridized carbons (Fsp3) is 0.312. The van der Waals surface area contributed by atoms with Gasteiger partial charge in [0.25, 0.3) is 0 Å². The molecule has 106 valence electrons. The van der Waals surface area contributed by atoms with E-state index in [1.165, 1.54) is 16.5 Å². The molecule has 0 aliphatic carbocycles. The summed E-state index contributed by atoms with van der Waals surface area (Å²) in [4.78, 5) is 7.86. The summed E-state index contributed by atoms with van der Waals surface area (Å²) in [6, 6.07) is 8.35. The van der Waals surface area contributed by atoms with E-state index < -0.39 is 0 Å². The summed E-state index contributed by atoms with van der Waals surface area (Å²) in [6.45, 7) is 8.10. The lowest BCUT2D eigenvalue weighted by molar-refractivity contribution is 0.852. The smallest absolute Gasteiger partial charge is 0.191 e. The molecule has 0 saturated heterocycles. The van der Waals surface area contributed by atoms with E-state index in [-0.39, 0.29) is 0 Å². The number of aromatic nitrogens is 1. The number of guanidine groups is 1. The van der Waals surface area contributed by atoms with Crippen LogP contribution in [0.3, 0.4) is 0 Å². The van der Waals surface area contributed by atoms with Gasteiger partial charge in [-0.2, -0.15) is 0 Å². The largest absolute Gasteiger partial charge is 0.361 e. The van der Waals surface area contributed by atoms with Crippen LogP contribution in [0, 0.1) is 0 Å². The SMILES string of the molecule is C=CCNC(=NCCc1c[nH]c2ccccc12)NCC. The second-order valence-corrected chi connectivity index (χ2v) is 4.54. The maximum absolute atomic E-state index is 4.57. The molecule has 0 fully saturated rings. The Hall–Kier alpha value is -2.23. The Morgan fingerprint density at radius 3 is 3.00 bits per heavy atom. The van der Waals surface area contributed by atoms with Gasteiger partial charge in [0.1, 0.15) is 0 Å². The molecule has 1 aromatic heterocycles. The second-order valence-electron chi connectivity index (χ2n) is 4.54. The number of hydrogen-bond donors (Lipinski definition) is 3. The number of H-pyrrole nitrogens is 1. The van der Waals surface area contributed by atoms with Crippen LogP contribution in [-0.2, 0) is 6.42 Å². The topological polar surface area (TPSA) is 52.2 Å². The molecular formula is C16H22N4. The molecule has 0 saturated carbocycles. The lowest BCUT2D eigenvalue weighted by Gasteiger charge is -2.09. The van der Waals surface area contributed by atoms with Gasteiger partial charge in [-0.1, -0.05) is 24.3 Å². The van der Waals surface area contributed by atoms with E-state index in [4.69, 9.17) is 0 Å². The van der Waals surface area contributed by atoms with E-state index >= 15 is 0 Å². The number of fused-ring (bicyclic) bond motifs is 1. The van der Waals surface area contributed by atoms with Gasteiger partial charge in [-0.25, -0.2) is 0 Å². The Morgan fingerprint density at radius 2 is 2.20 bits per heavy atom. The summed E-state index contributed by atoms with van der Waals surface area (Å²) < 4.78 is 0. The molecule has 4 heteroatoms. The Balaban J connectivity index is 1.98. The zero-order valence-electron chi connectivity index (χ0n) is 11.9. The number of nitrogens with zero attached hydrogens (tertiary/aromatic N) is 1. The first kappa shape index (κ1) is 14.2. The minimum atomic E-state index is 0.721. The summed E-state index contributed by atoms with van der Waals surface area (Å²) in [5.41, 5.74) is 2.49. The van der Waals surface area contributed by atoms with Gasteiger partial charge >= 0.3 is 0 Å². The van der Waals surface area contributed by atoms with Crippen LogP contribution in [0.5, 0.6) is 0 Å². The van der Waals surface area contributed by atoms with Gasteiger partial charge in [0, 0.05) is 36.7 Å². The monoisotopic (exact) mass is 270 g/mol. The molecule has 2 aromatic rings. The van der Waals surface area contributed by atoms with Crippen LogP contribution in [0.2, 0.25) is 0 Å². The molecular weight excluding hydrogens is 248 g/mol. The highest BCUT2D eigenvalue weighted by atomic mass is 15.2. The van der Waals surface area contributed by atoms with Gasteiger partial charge in [0.05, 0.1) is 0 Å². The molecule has 20 heavy (non-hydrogen) atoms. The Kier molecular flexibility index (Phi) is 5.24. The minimum absolute atomic E-state index is 0.721. The highest BCUT2D eigenvalue weighted by Crippen LogP contribution is 2.17. The number of benzene rings is 1. The average Bonchev–Trinajstić information content (AvgIpc) is 2.88. The number of nitrogens with one attached hydrogen (secondary N) is 3. The quantitative estimate of drug-likeness (QED) is 0.429. The summed E-state index contributed by atoms with van der Waals surface area (Å²) in [5, 5.41) is 7.70. The lowest BCUT2D eigenvalue weighted by Crippen LogP contribution is -2.37. The number of hydrogen-bond acceptors (Lipinski definition) is 1. The van der Waals surface area contributed by atoms with Crippen molar-refractivity contribution in [3.05, 3.63) is 48.7 Å². The van der Waals surface area contributed by atoms with Crippen molar-refractivity contribution in [1.82, 2.24) is 15.6 Å². The average molecular weight is 270 g/mol. The molecule has 0 radical (unpaired) electrons. The molecule has 3 N–H and O–H groups in total. The van der Waals surface area contributed by atoms with Crippen LogP contribution >= 0.6 is 0 Å². The Labute approximate surface area is 120 Å². The number of aromatic amines is 1. The van der Waals surface area contributed by atoms with E-state index in [0.29, 0.717) is 0 Å². The zero-order valence-corrected chi connectivity index (χ0v) is 11.9. The molecule has 0 unspecified atom stereocenters. The maximum atomic E-state index is 4.57. The third-order valence-electron chi connectivity index (χ3n) is 3.08. The van der Waals surface area contributed by atoms with Crippen molar-refractivity contribution in [3.8, 4) is 0 Å². The van der Waals surface area contributed by atoms with E-state index in [1.807, 2.05) is 12.1 Å². The van der Waals surface area contributed by atoms with Crippen LogP contribution in [0.1, 0.15) is 12.5 Å². The van der Waals surface area contributed by atoms with Crippen LogP contribution in [-0.4, -0.2) is 30.6 Å². The first-order valence-electron chi connectivity index (χ1n) is 7.03. The lowest BCUT2D eigenvalue weighted by atomic mass is 10.1. The van der Waals surface area contributed by atoms with E-state index in [0.717, 1.165) is 32.0 Å². The van der Waals surface area contributed by atoms with Crippen molar-refractivity contribution in [1.29, 1.82) is 0 Å². The van der Waals surface area contributed by atoms with Crippen molar-refractivity contribution in [2.45, 2.75) is 13.3 Å². The predicted molar refractivity (Wildman–Crippen MR) is 86.2 cm³/mol. The standard InChI is InChI=1S/C16H22N4/c1-3-10-18-16(17-4-2)19-11-9-13-12-20-15-8-6-5-7-14(13)15/h3,5-8,12,20H,1,4,9-11H2,2H3,(H2,17,18,19). The molecule has 1 heterocycles. The van der Waals surface area contributed by atoms with Crippen molar-refractivity contribution in [3.63, 3.8) is 0 Å². The van der Waals surface area contributed by atoms with E-state index in [9.17, 15) is 0 Å². The number of aliphatic imine (C=N–C) groups is 1. The first-order chi connectivity index (χ1) is 9.85. The second kappa shape index (κ2) is 7.38. The minimum Gasteiger partial charge on any atom is -0.361 e. The molecule has 0 spiro atoms. The molecule has 2 rings (SSSR count). The van der Waals surface area contributed by atoms with Gasteiger partial charge in [-0.05, 0) is 25.0 Å². The van der Waals surface area contributed by atoms with Gasteiger partial charge < -0.3 is 15.6 Å². The molecule has 4 nitrogen and oxygen atoms in total.